The third-order valence-corrected chi connectivity index (χ3v) is 3.79. The third-order valence-electron chi connectivity index (χ3n) is 3.79. The molecule has 17 heavy (non-hydrogen) atoms. The molecule has 0 heterocycles. The van der Waals surface area contributed by atoms with Crippen LogP contribution in [0.15, 0.2) is 24.3 Å². The van der Waals surface area contributed by atoms with Gasteiger partial charge in [0.05, 0.1) is 0 Å². The molecule has 1 N–H and O–H groups in total. The number of benzene rings is 1. The molecule has 0 aliphatic heterocycles. The lowest BCUT2D eigenvalue weighted by molar-refractivity contribution is 0.259. The van der Waals surface area contributed by atoms with E-state index in [9.17, 15) is 4.39 Å². The van der Waals surface area contributed by atoms with Crippen LogP contribution < -0.4 is 5.32 Å². The molecule has 94 valence electrons. The van der Waals surface area contributed by atoms with Crippen molar-refractivity contribution >= 4 is 0 Å². The molecular formula is C15H22FN. The van der Waals surface area contributed by atoms with Crippen molar-refractivity contribution in [2.75, 3.05) is 0 Å². The largest absolute Gasteiger partial charge is 0.308 e. The fourth-order valence-electron chi connectivity index (χ4n) is 2.60. The van der Waals surface area contributed by atoms with Gasteiger partial charge in [0.1, 0.15) is 5.82 Å². The van der Waals surface area contributed by atoms with Gasteiger partial charge in [0.25, 0.3) is 0 Å². The molecule has 1 aromatic carbocycles. The van der Waals surface area contributed by atoms with E-state index in [0.717, 1.165) is 11.5 Å². The summed E-state index contributed by atoms with van der Waals surface area (Å²) in [6.07, 6.45) is 5.43. The lowest BCUT2D eigenvalue weighted by Crippen LogP contribution is -2.32. The Hall–Kier alpha value is -0.890. The van der Waals surface area contributed by atoms with Gasteiger partial charge in [-0.2, -0.15) is 0 Å². The van der Waals surface area contributed by atoms with Gasteiger partial charge < -0.3 is 5.32 Å². The summed E-state index contributed by atoms with van der Waals surface area (Å²) in [5, 5.41) is 3.56. The molecule has 2 heteroatoms. The van der Waals surface area contributed by atoms with E-state index in [1.165, 1.54) is 31.7 Å². The summed E-state index contributed by atoms with van der Waals surface area (Å²) in [5.41, 5.74) is 1.03. The minimum atomic E-state index is -0.150. The maximum Gasteiger partial charge on any atom is 0.123 e. The van der Waals surface area contributed by atoms with E-state index in [0.29, 0.717) is 6.04 Å². The van der Waals surface area contributed by atoms with E-state index in [1.807, 2.05) is 6.07 Å². The first-order chi connectivity index (χ1) is 8.15. The highest BCUT2D eigenvalue weighted by Gasteiger charge is 2.20. The highest BCUT2D eigenvalue weighted by Crippen LogP contribution is 2.30. The van der Waals surface area contributed by atoms with Crippen molar-refractivity contribution in [3.63, 3.8) is 0 Å². The van der Waals surface area contributed by atoms with Gasteiger partial charge in [-0.05, 0) is 43.9 Å². The zero-order valence-corrected chi connectivity index (χ0v) is 10.7. The van der Waals surface area contributed by atoms with Crippen LogP contribution in [0.2, 0.25) is 0 Å². The predicted molar refractivity (Wildman–Crippen MR) is 69.4 cm³/mol. The van der Waals surface area contributed by atoms with Crippen LogP contribution in [0.4, 0.5) is 4.39 Å². The van der Waals surface area contributed by atoms with Crippen molar-refractivity contribution in [1.82, 2.24) is 5.32 Å². The number of rotatable bonds is 5. The Morgan fingerprint density at radius 1 is 1.35 bits per heavy atom. The molecule has 1 saturated carbocycles. The van der Waals surface area contributed by atoms with Crippen molar-refractivity contribution in [2.24, 2.45) is 5.92 Å². The van der Waals surface area contributed by atoms with Gasteiger partial charge in [0.2, 0.25) is 0 Å². The number of hydrogen-bond acceptors (Lipinski definition) is 1. The number of nitrogens with one attached hydrogen (secondary N) is 1. The highest BCUT2D eigenvalue weighted by atomic mass is 19.1. The van der Waals surface area contributed by atoms with Crippen molar-refractivity contribution in [3.05, 3.63) is 35.6 Å². The molecule has 0 bridgehead atoms. The van der Waals surface area contributed by atoms with Crippen molar-refractivity contribution in [3.8, 4) is 0 Å². The van der Waals surface area contributed by atoms with E-state index in [2.05, 4.69) is 19.2 Å². The van der Waals surface area contributed by atoms with Crippen LogP contribution in [-0.4, -0.2) is 6.04 Å². The summed E-state index contributed by atoms with van der Waals surface area (Å²) in [6.45, 7) is 4.33. The molecule has 0 saturated heterocycles. The monoisotopic (exact) mass is 235 g/mol. The van der Waals surface area contributed by atoms with Crippen LogP contribution in [0.1, 0.15) is 51.1 Å². The van der Waals surface area contributed by atoms with Crippen molar-refractivity contribution in [2.45, 2.75) is 51.6 Å². The van der Waals surface area contributed by atoms with E-state index in [4.69, 9.17) is 0 Å². The zero-order chi connectivity index (χ0) is 12.3. The molecule has 1 nitrogen and oxygen atoms in total. The predicted octanol–water partition coefficient (Wildman–Crippen LogP) is 4.06. The highest BCUT2D eigenvalue weighted by molar-refractivity contribution is 5.19. The van der Waals surface area contributed by atoms with Gasteiger partial charge in [-0.1, -0.05) is 31.4 Å². The first-order valence-electron chi connectivity index (χ1n) is 6.66. The summed E-state index contributed by atoms with van der Waals surface area (Å²) in [7, 11) is 0. The summed E-state index contributed by atoms with van der Waals surface area (Å²) in [4.78, 5) is 0. The SMILES string of the molecule is CC(CC1CCC1)N[C@@H](C)c1cccc(F)c1. The second-order valence-corrected chi connectivity index (χ2v) is 5.38. The second kappa shape index (κ2) is 5.63. The normalized spacial score (nSPS) is 19.7. The molecule has 1 aliphatic carbocycles. The van der Waals surface area contributed by atoms with Gasteiger partial charge in [-0.15, -0.1) is 0 Å². The van der Waals surface area contributed by atoms with E-state index < -0.39 is 0 Å². The Morgan fingerprint density at radius 2 is 2.12 bits per heavy atom. The van der Waals surface area contributed by atoms with Gasteiger partial charge in [0.15, 0.2) is 0 Å². The molecule has 0 amide bonds. The lowest BCUT2D eigenvalue weighted by Gasteiger charge is -2.30. The topological polar surface area (TPSA) is 12.0 Å². The van der Waals surface area contributed by atoms with E-state index >= 15 is 0 Å². The average molecular weight is 235 g/mol. The first-order valence-corrected chi connectivity index (χ1v) is 6.66. The summed E-state index contributed by atoms with van der Waals surface area (Å²) >= 11 is 0. The maximum absolute atomic E-state index is 13.1. The Labute approximate surface area is 103 Å². The zero-order valence-electron chi connectivity index (χ0n) is 10.7. The summed E-state index contributed by atoms with van der Waals surface area (Å²) < 4.78 is 13.1. The quantitative estimate of drug-likeness (QED) is 0.811. The van der Waals surface area contributed by atoms with Crippen LogP contribution in [0, 0.1) is 11.7 Å². The Bertz CT molecular complexity index is 360. The number of halogens is 1. The van der Waals surface area contributed by atoms with E-state index in [-0.39, 0.29) is 11.9 Å². The first kappa shape index (κ1) is 12.6. The molecule has 2 rings (SSSR count). The van der Waals surface area contributed by atoms with Gasteiger partial charge in [-0.3, -0.25) is 0 Å². The van der Waals surface area contributed by atoms with Gasteiger partial charge in [-0.25, -0.2) is 4.39 Å². The Kier molecular flexibility index (Phi) is 4.16. The lowest BCUT2D eigenvalue weighted by atomic mass is 9.81. The van der Waals surface area contributed by atoms with Gasteiger partial charge in [0, 0.05) is 12.1 Å². The van der Waals surface area contributed by atoms with Crippen LogP contribution in [0.5, 0.6) is 0 Å². The molecule has 2 atom stereocenters. The molecule has 1 fully saturated rings. The molecule has 1 unspecified atom stereocenters. The molecule has 1 aliphatic rings. The Balaban J connectivity index is 1.84. The average Bonchev–Trinajstić information content (AvgIpc) is 2.23. The van der Waals surface area contributed by atoms with Crippen molar-refractivity contribution in [1.29, 1.82) is 0 Å². The standard InChI is InChI=1S/C15H22FN/c1-11(9-13-5-3-6-13)17-12(2)14-7-4-8-15(16)10-14/h4,7-8,10-13,17H,3,5-6,9H2,1-2H3/t11?,12-/m0/s1. The minimum Gasteiger partial charge on any atom is -0.308 e. The van der Waals surface area contributed by atoms with Gasteiger partial charge >= 0.3 is 0 Å². The Morgan fingerprint density at radius 3 is 2.71 bits per heavy atom. The fourth-order valence-corrected chi connectivity index (χ4v) is 2.60. The number of hydrogen-bond donors (Lipinski definition) is 1. The van der Waals surface area contributed by atoms with Crippen LogP contribution in [-0.2, 0) is 0 Å². The molecule has 0 radical (unpaired) electrons. The second-order valence-electron chi connectivity index (χ2n) is 5.38. The maximum atomic E-state index is 13.1. The van der Waals surface area contributed by atoms with Crippen LogP contribution >= 0.6 is 0 Å². The van der Waals surface area contributed by atoms with E-state index in [1.54, 1.807) is 12.1 Å². The smallest absolute Gasteiger partial charge is 0.123 e. The molecule has 1 aromatic rings. The van der Waals surface area contributed by atoms with Crippen LogP contribution in [0.25, 0.3) is 0 Å². The molecule has 0 spiro atoms. The minimum absolute atomic E-state index is 0.150. The fraction of sp³-hybridized carbons (Fsp3) is 0.600. The summed E-state index contributed by atoms with van der Waals surface area (Å²) in [6, 6.07) is 7.61. The summed E-state index contributed by atoms with van der Waals surface area (Å²) in [5.74, 6) is 0.764. The van der Waals surface area contributed by atoms with Crippen LogP contribution in [0.3, 0.4) is 0 Å². The molecule has 0 aromatic heterocycles. The third kappa shape index (κ3) is 3.53. The molecular weight excluding hydrogens is 213 g/mol. The van der Waals surface area contributed by atoms with Crippen molar-refractivity contribution < 1.29 is 4.39 Å².